The van der Waals surface area contributed by atoms with E-state index < -0.39 is 0 Å². The molecule has 1 rings (SSSR count). The van der Waals surface area contributed by atoms with Gasteiger partial charge in [-0.25, -0.2) is 0 Å². The van der Waals surface area contributed by atoms with Crippen LogP contribution in [0.5, 0.6) is 5.75 Å². The highest BCUT2D eigenvalue weighted by Gasteiger charge is 2.00. The first-order chi connectivity index (χ1) is 5.74. The molecule has 3 heteroatoms. The Balaban J connectivity index is 2.72. The highest BCUT2D eigenvalue weighted by Crippen LogP contribution is 2.23. The second-order valence-corrected chi connectivity index (χ2v) is 4.27. The lowest BCUT2D eigenvalue weighted by Crippen LogP contribution is -1.86. The van der Waals surface area contributed by atoms with Crippen molar-refractivity contribution in [2.24, 2.45) is 0 Å². The van der Waals surface area contributed by atoms with Gasteiger partial charge < -0.3 is 5.11 Å². The predicted octanol–water partition coefficient (Wildman–Crippen LogP) is 3.48. The lowest BCUT2D eigenvalue weighted by molar-refractivity contribution is 0.467. The fraction of sp³-hybridized carbons (Fsp3) is 0.333. The van der Waals surface area contributed by atoms with Gasteiger partial charge in [-0.15, -0.1) is 0 Å². The third kappa shape index (κ3) is 2.79. The summed E-state index contributed by atoms with van der Waals surface area (Å²) in [7, 11) is 0. The molecule has 1 aromatic carbocycles. The number of halogens is 2. The van der Waals surface area contributed by atoms with Crippen molar-refractivity contribution < 1.29 is 5.11 Å². The topological polar surface area (TPSA) is 20.2 Å². The fourth-order valence-electron chi connectivity index (χ4n) is 1.01. The molecular formula is C9H10Br2O. The van der Waals surface area contributed by atoms with E-state index in [9.17, 15) is 5.11 Å². The molecule has 1 nitrogen and oxygen atoms in total. The van der Waals surface area contributed by atoms with Crippen LogP contribution in [-0.4, -0.2) is 10.4 Å². The molecule has 0 aromatic heterocycles. The van der Waals surface area contributed by atoms with Crippen molar-refractivity contribution in [2.45, 2.75) is 12.8 Å². The summed E-state index contributed by atoms with van der Waals surface area (Å²) in [4.78, 5) is 0. The monoisotopic (exact) mass is 292 g/mol. The smallest absolute Gasteiger partial charge is 0.119 e. The lowest BCUT2D eigenvalue weighted by atomic mass is 10.1. The number of phenols is 1. The van der Waals surface area contributed by atoms with Gasteiger partial charge in [-0.1, -0.05) is 37.9 Å². The molecule has 12 heavy (non-hydrogen) atoms. The average molecular weight is 294 g/mol. The Labute approximate surface area is 89.1 Å². The van der Waals surface area contributed by atoms with Gasteiger partial charge in [0.1, 0.15) is 5.75 Å². The maximum Gasteiger partial charge on any atom is 0.119 e. The van der Waals surface area contributed by atoms with E-state index >= 15 is 0 Å². The van der Waals surface area contributed by atoms with E-state index in [2.05, 4.69) is 31.9 Å². The molecule has 1 N–H and O–H groups in total. The van der Waals surface area contributed by atoms with Crippen LogP contribution in [0.4, 0.5) is 0 Å². The lowest BCUT2D eigenvalue weighted by Gasteiger charge is -2.02. The van der Waals surface area contributed by atoms with Crippen molar-refractivity contribution in [3.05, 3.63) is 28.2 Å². The highest BCUT2D eigenvalue weighted by atomic mass is 79.9. The molecule has 0 unspecified atom stereocenters. The molecule has 0 amide bonds. The Morgan fingerprint density at radius 3 is 2.67 bits per heavy atom. The second kappa shape index (κ2) is 4.87. The maximum absolute atomic E-state index is 9.47. The largest absolute Gasteiger partial charge is 0.508 e. The molecule has 0 aliphatic rings. The van der Waals surface area contributed by atoms with Crippen LogP contribution in [0.1, 0.15) is 12.0 Å². The van der Waals surface area contributed by atoms with Crippen molar-refractivity contribution >= 4 is 31.9 Å². The standard InChI is InChI=1S/C9H10Br2O/c10-5-1-2-7-3-4-8(11)6-9(7)12/h3-4,6,12H,1-2,5H2. The molecule has 0 bridgehead atoms. The van der Waals surface area contributed by atoms with Crippen LogP contribution < -0.4 is 0 Å². The van der Waals surface area contributed by atoms with E-state index in [1.54, 1.807) is 6.07 Å². The summed E-state index contributed by atoms with van der Waals surface area (Å²) in [6, 6.07) is 5.62. The van der Waals surface area contributed by atoms with Crippen LogP contribution in [0.2, 0.25) is 0 Å². The minimum atomic E-state index is 0.380. The number of alkyl halides is 1. The predicted molar refractivity (Wildman–Crippen MR) is 57.9 cm³/mol. The number of benzene rings is 1. The van der Waals surface area contributed by atoms with E-state index in [1.807, 2.05) is 12.1 Å². The number of aromatic hydroxyl groups is 1. The molecule has 0 heterocycles. The summed E-state index contributed by atoms with van der Waals surface area (Å²) in [5.41, 5.74) is 1.01. The second-order valence-electron chi connectivity index (χ2n) is 2.57. The van der Waals surface area contributed by atoms with Gasteiger partial charge in [0.2, 0.25) is 0 Å². The molecule has 0 radical (unpaired) electrons. The number of aryl methyl sites for hydroxylation is 1. The van der Waals surface area contributed by atoms with Gasteiger partial charge >= 0.3 is 0 Å². The minimum absolute atomic E-state index is 0.380. The molecule has 0 fully saturated rings. The van der Waals surface area contributed by atoms with Gasteiger partial charge in [0.15, 0.2) is 0 Å². The van der Waals surface area contributed by atoms with Crippen molar-refractivity contribution in [1.82, 2.24) is 0 Å². The summed E-state index contributed by atoms with van der Waals surface area (Å²) in [6.07, 6.45) is 1.97. The van der Waals surface area contributed by atoms with Crippen molar-refractivity contribution in [3.63, 3.8) is 0 Å². The van der Waals surface area contributed by atoms with Crippen LogP contribution in [0.15, 0.2) is 22.7 Å². The van der Waals surface area contributed by atoms with Crippen LogP contribution in [0.25, 0.3) is 0 Å². The van der Waals surface area contributed by atoms with Gasteiger partial charge in [0, 0.05) is 9.80 Å². The van der Waals surface area contributed by atoms with E-state index in [-0.39, 0.29) is 0 Å². The van der Waals surface area contributed by atoms with Crippen molar-refractivity contribution in [1.29, 1.82) is 0 Å². The summed E-state index contributed by atoms with van der Waals surface area (Å²) in [5.74, 6) is 0.380. The van der Waals surface area contributed by atoms with Crippen molar-refractivity contribution in [3.8, 4) is 5.75 Å². The van der Waals surface area contributed by atoms with Gasteiger partial charge in [0.05, 0.1) is 0 Å². The Hall–Kier alpha value is -0.0200. The first kappa shape index (κ1) is 10.1. The fourth-order valence-corrected chi connectivity index (χ4v) is 1.64. The Morgan fingerprint density at radius 1 is 1.33 bits per heavy atom. The van der Waals surface area contributed by atoms with Crippen LogP contribution in [0, 0.1) is 0 Å². The molecule has 0 aliphatic carbocycles. The first-order valence-corrected chi connectivity index (χ1v) is 5.69. The maximum atomic E-state index is 9.47. The third-order valence-corrected chi connectivity index (χ3v) is 2.68. The Bertz CT molecular complexity index is 261. The molecular weight excluding hydrogens is 284 g/mol. The molecule has 0 aliphatic heterocycles. The SMILES string of the molecule is Oc1cc(Br)ccc1CCCBr. The van der Waals surface area contributed by atoms with Gasteiger partial charge in [-0.05, 0) is 30.5 Å². The summed E-state index contributed by atoms with van der Waals surface area (Å²) in [6.45, 7) is 0. The van der Waals surface area contributed by atoms with E-state index in [1.165, 1.54) is 0 Å². The minimum Gasteiger partial charge on any atom is -0.508 e. The zero-order valence-corrected chi connectivity index (χ0v) is 9.73. The number of rotatable bonds is 3. The van der Waals surface area contributed by atoms with Crippen LogP contribution >= 0.6 is 31.9 Å². The molecule has 0 saturated carbocycles. The zero-order chi connectivity index (χ0) is 8.97. The third-order valence-electron chi connectivity index (χ3n) is 1.63. The number of hydrogen-bond donors (Lipinski definition) is 1. The first-order valence-electron chi connectivity index (χ1n) is 3.77. The normalized spacial score (nSPS) is 10.2. The molecule has 0 atom stereocenters. The van der Waals surface area contributed by atoms with Gasteiger partial charge in [-0.3, -0.25) is 0 Å². The van der Waals surface area contributed by atoms with Crippen molar-refractivity contribution in [2.75, 3.05) is 5.33 Å². The summed E-state index contributed by atoms with van der Waals surface area (Å²) < 4.78 is 0.919. The number of phenolic OH excluding ortho intramolecular Hbond substituents is 1. The zero-order valence-electron chi connectivity index (χ0n) is 6.56. The number of hydrogen-bond acceptors (Lipinski definition) is 1. The molecule has 0 spiro atoms. The van der Waals surface area contributed by atoms with Gasteiger partial charge in [-0.2, -0.15) is 0 Å². The Morgan fingerprint density at radius 2 is 2.08 bits per heavy atom. The van der Waals surface area contributed by atoms with E-state index in [0.717, 1.165) is 28.2 Å². The summed E-state index contributed by atoms with van der Waals surface area (Å²) >= 11 is 6.65. The van der Waals surface area contributed by atoms with Crippen LogP contribution in [0.3, 0.4) is 0 Å². The highest BCUT2D eigenvalue weighted by molar-refractivity contribution is 9.10. The molecule has 66 valence electrons. The summed E-state index contributed by atoms with van der Waals surface area (Å²) in [5, 5.41) is 10.4. The Kier molecular flexibility index (Phi) is 4.09. The van der Waals surface area contributed by atoms with E-state index in [0.29, 0.717) is 5.75 Å². The van der Waals surface area contributed by atoms with E-state index in [4.69, 9.17) is 0 Å². The quantitative estimate of drug-likeness (QED) is 0.846. The van der Waals surface area contributed by atoms with Gasteiger partial charge in [0.25, 0.3) is 0 Å². The average Bonchev–Trinajstić information content (AvgIpc) is 2.03. The molecule has 0 saturated heterocycles. The molecule has 1 aromatic rings. The van der Waals surface area contributed by atoms with Crippen LogP contribution in [-0.2, 0) is 6.42 Å².